The number of hydrogen-bond donors (Lipinski definition) is 1. The summed E-state index contributed by atoms with van der Waals surface area (Å²) in [5, 5.41) is 3.94. The van der Waals surface area contributed by atoms with E-state index in [-0.39, 0.29) is 11.9 Å². The first-order chi connectivity index (χ1) is 13.2. The number of carbonyl (C=O) groups excluding carboxylic acids is 1. The zero-order valence-electron chi connectivity index (χ0n) is 15.2. The van der Waals surface area contributed by atoms with Gasteiger partial charge in [-0.25, -0.2) is 0 Å². The molecule has 2 aromatic rings. The van der Waals surface area contributed by atoms with Gasteiger partial charge in [0.2, 0.25) is 5.91 Å². The molecule has 1 amide bonds. The minimum Gasteiger partial charge on any atom is -0.493 e. The summed E-state index contributed by atoms with van der Waals surface area (Å²) in [6.07, 6.45) is 0.811. The van der Waals surface area contributed by atoms with Gasteiger partial charge in [-0.05, 0) is 24.3 Å². The lowest BCUT2D eigenvalue weighted by atomic mass is 10.0. The summed E-state index contributed by atoms with van der Waals surface area (Å²) in [6.45, 7) is 4.60. The van der Waals surface area contributed by atoms with Crippen LogP contribution in [0.15, 0.2) is 48.5 Å². The highest BCUT2D eigenvalue weighted by Gasteiger charge is 2.24. The second-order valence-electron chi connectivity index (χ2n) is 7.04. The second-order valence-corrected chi connectivity index (χ2v) is 7.47. The molecule has 5 nitrogen and oxygen atoms in total. The molecular formula is C21H24ClN3O2. The Balaban J connectivity index is 1.29. The van der Waals surface area contributed by atoms with E-state index in [0.717, 1.165) is 54.6 Å². The Labute approximate surface area is 164 Å². The summed E-state index contributed by atoms with van der Waals surface area (Å²) in [5.41, 5.74) is 2.22. The zero-order chi connectivity index (χ0) is 18.6. The lowest BCUT2D eigenvalue weighted by molar-refractivity contribution is -0.123. The quantitative estimate of drug-likeness (QED) is 0.878. The van der Waals surface area contributed by atoms with E-state index in [1.807, 2.05) is 42.5 Å². The summed E-state index contributed by atoms with van der Waals surface area (Å²) in [4.78, 5) is 17.1. The van der Waals surface area contributed by atoms with Crippen LogP contribution in [0.4, 0.5) is 5.69 Å². The van der Waals surface area contributed by atoms with E-state index >= 15 is 0 Å². The molecule has 6 heteroatoms. The number of hydrogen-bond acceptors (Lipinski definition) is 4. The summed E-state index contributed by atoms with van der Waals surface area (Å²) >= 11 is 6.09. The molecule has 0 aromatic heterocycles. The van der Waals surface area contributed by atoms with Crippen LogP contribution in [0.3, 0.4) is 0 Å². The number of piperazine rings is 1. The van der Waals surface area contributed by atoms with Gasteiger partial charge in [-0.2, -0.15) is 0 Å². The van der Waals surface area contributed by atoms with E-state index < -0.39 is 0 Å². The number of halogens is 1. The third-order valence-electron chi connectivity index (χ3n) is 5.21. The number of ether oxygens (including phenoxy) is 1. The second kappa shape index (κ2) is 8.19. The molecule has 1 unspecified atom stereocenters. The van der Waals surface area contributed by atoms with Gasteiger partial charge in [0.15, 0.2) is 0 Å². The maximum absolute atomic E-state index is 12.6. The van der Waals surface area contributed by atoms with Crippen LogP contribution in [0.1, 0.15) is 18.0 Å². The standard InChI is InChI=1S/C21H24ClN3O2/c22-16-4-3-5-17(14-16)25-11-9-24(10-12-25)15-21(26)23-19-8-13-27-20-7-2-1-6-18(19)20/h1-7,14,19H,8-13,15H2,(H,23,26). The van der Waals surface area contributed by atoms with Gasteiger partial charge in [-0.15, -0.1) is 0 Å². The SMILES string of the molecule is O=C(CN1CCN(c2cccc(Cl)c2)CC1)NC1CCOc2ccccc21. The van der Waals surface area contributed by atoms with E-state index in [1.165, 1.54) is 0 Å². The highest BCUT2D eigenvalue weighted by molar-refractivity contribution is 6.30. The van der Waals surface area contributed by atoms with E-state index in [2.05, 4.69) is 21.2 Å². The Hall–Kier alpha value is -2.24. The number of amides is 1. The Morgan fingerprint density at radius 2 is 1.93 bits per heavy atom. The van der Waals surface area contributed by atoms with Crippen LogP contribution >= 0.6 is 11.6 Å². The third-order valence-corrected chi connectivity index (χ3v) is 5.44. The smallest absolute Gasteiger partial charge is 0.234 e. The number of nitrogens with one attached hydrogen (secondary N) is 1. The largest absolute Gasteiger partial charge is 0.493 e. The molecule has 4 rings (SSSR count). The lowest BCUT2D eigenvalue weighted by Crippen LogP contribution is -2.50. The molecule has 1 atom stereocenters. The fraction of sp³-hybridized carbons (Fsp3) is 0.381. The summed E-state index contributed by atoms with van der Waals surface area (Å²) < 4.78 is 5.67. The average molecular weight is 386 g/mol. The number of nitrogens with zero attached hydrogens (tertiary/aromatic N) is 2. The van der Waals surface area contributed by atoms with Gasteiger partial charge < -0.3 is 15.0 Å². The van der Waals surface area contributed by atoms with Gasteiger partial charge in [-0.3, -0.25) is 9.69 Å². The van der Waals surface area contributed by atoms with E-state index in [4.69, 9.17) is 16.3 Å². The summed E-state index contributed by atoms with van der Waals surface area (Å²) in [5.74, 6) is 0.956. The van der Waals surface area contributed by atoms with E-state index in [0.29, 0.717) is 13.2 Å². The van der Waals surface area contributed by atoms with Crippen LogP contribution in [0, 0.1) is 0 Å². The molecule has 1 fully saturated rings. The van der Waals surface area contributed by atoms with Crippen molar-refractivity contribution < 1.29 is 9.53 Å². The fourth-order valence-electron chi connectivity index (χ4n) is 3.77. The molecule has 1 saturated heterocycles. The van der Waals surface area contributed by atoms with Gasteiger partial charge in [0.05, 0.1) is 19.2 Å². The molecule has 0 bridgehead atoms. The molecule has 1 N–H and O–H groups in total. The summed E-state index contributed by atoms with van der Waals surface area (Å²) in [6, 6.07) is 15.9. The van der Waals surface area contributed by atoms with Gasteiger partial charge in [0.25, 0.3) is 0 Å². The maximum Gasteiger partial charge on any atom is 0.234 e. The van der Waals surface area contributed by atoms with Gasteiger partial charge in [0.1, 0.15) is 5.75 Å². The van der Waals surface area contributed by atoms with Crippen molar-refractivity contribution in [1.29, 1.82) is 0 Å². The minimum absolute atomic E-state index is 0.0372. The highest BCUT2D eigenvalue weighted by atomic mass is 35.5. The Morgan fingerprint density at radius 1 is 1.11 bits per heavy atom. The average Bonchev–Trinajstić information content (AvgIpc) is 2.69. The Kier molecular flexibility index (Phi) is 5.50. The van der Waals surface area contributed by atoms with Crippen molar-refractivity contribution in [2.75, 3.05) is 44.2 Å². The molecule has 2 aromatic carbocycles. The minimum atomic E-state index is 0.0372. The maximum atomic E-state index is 12.6. The molecule has 2 aliphatic heterocycles. The van der Waals surface area contributed by atoms with Gasteiger partial charge in [0, 0.05) is 48.9 Å². The lowest BCUT2D eigenvalue weighted by Gasteiger charge is -2.36. The number of carbonyl (C=O) groups is 1. The normalized spacial score (nSPS) is 19.9. The van der Waals surface area contributed by atoms with Crippen LogP contribution in [0.5, 0.6) is 5.75 Å². The zero-order valence-corrected chi connectivity index (χ0v) is 16.0. The van der Waals surface area contributed by atoms with Crippen LogP contribution in [0.25, 0.3) is 0 Å². The van der Waals surface area contributed by atoms with Crippen molar-refractivity contribution >= 4 is 23.2 Å². The monoisotopic (exact) mass is 385 g/mol. The van der Waals surface area contributed by atoms with Crippen molar-refractivity contribution in [3.63, 3.8) is 0 Å². The van der Waals surface area contributed by atoms with E-state index in [9.17, 15) is 4.79 Å². The third kappa shape index (κ3) is 4.37. The summed E-state index contributed by atoms with van der Waals surface area (Å²) in [7, 11) is 0. The Bertz CT molecular complexity index is 806. The number of rotatable bonds is 4. The molecule has 2 heterocycles. The first kappa shape index (κ1) is 18.1. The number of anilines is 1. The highest BCUT2D eigenvalue weighted by Crippen LogP contribution is 2.31. The predicted octanol–water partition coefficient (Wildman–Crippen LogP) is 3.10. The first-order valence-corrected chi connectivity index (χ1v) is 9.81. The van der Waals surface area contributed by atoms with Crippen molar-refractivity contribution in [2.24, 2.45) is 0 Å². The van der Waals surface area contributed by atoms with Crippen molar-refractivity contribution in [2.45, 2.75) is 12.5 Å². The van der Waals surface area contributed by atoms with Gasteiger partial charge >= 0.3 is 0 Å². The molecule has 2 aliphatic rings. The molecule has 0 aliphatic carbocycles. The van der Waals surface area contributed by atoms with Crippen molar-refractivity contribution in [1.82, 2.24) is 10.2 Å². The molecule has 0 radical (unpaired) electrons. The topological polar surface area (TPSA) is 44.8 Å². The number of benzene rings is 2. The molecule has 0 saturated carbocycles. The fourth-order valence-corrected chi connectivity index (χ4v) is 3.96. The van der Waals surface area contributed by atoms with Crippen LogP contribution in [-0.4, -0.2) is 50.1 Å². The van der Waals surface area contributed by atoms with Crippen LogP contribution in [0.2, 0.25) is 5.02 Å². The number of fused-ring (bicyclic) bond motifs is 1. The van der Waals surface area contributed by atoms with Gasteiger partial charge in [-0.1, -0.05) is 35.9 Å². The Morgan fingerprint density at radius 3 is 2.74 bits per heavy atom. The molecule has 27 heavy (non-hydrogen) atoms. The van der Waals surface area contributed by atoms with Crippen molar-refractivity contribution in [3.8, 4) is 5.75 Å². The van der Waals surface area contributed by atoms with E-state index in [1.54, 1.807) is 0 Å². The van der Waals surface area contributed by atoms with Crippen molar-refractivity contribution in [3.05, 3.63) is 59.1 Å². The number of para-hydroxylation sites is 1. The van der Waals surface area contributed by atoms with Crippen LogP contribution < -0.4 is 15.0 Å². The van der Waals surface area contributed by atoms with Crippen LogP contribution in [-0.2, 0) is 4.79 Å². The molecule has 142 valence electrons. The first-order valence-electron chi connectivity index (χ1n) is 9.43. The molecular weight excluding hydrogens is 362 g/mol. The predicted molar refractivity (Wildman–Crippen MR) is 108 cm³/mol. The molecule has 0 spiro atoms.